The maximum Gasteiger partial charge on any atom is 0.258 e. The summed E-state index contributed by atoms with van der Waals surface area (Å²) in [5.74, 6) is 1.51. The standard InChI is InChI=1S/C25H25N3O5S/c1-2-31-20-8-4-3-6-17(20)24(30)28-11-5-7-19(28)23(29)27-25-26-18(15-34-25)16-9-10-21-22(14-16)33-13-12-32-21/h3-4,6,8-10,14-15,19H,2,5,7,11-13H2,1H3,(H,26,27,29). The van der Waals surface area contributed by atoms with Crippen LogP contribution in [0.3, 0.4) is 0 Å². The molecule has 5 rings (SSSR count). The highest BCUT2D eigenvalue weighted by Gasteiger charge is 2.35. The molecule has 3 heterocycles. The monoisotopic (exact) mass is 479 g/mol. The summed E-state index contributed by atoms with van der Waals surface area (Å²) in [6.07, 6.45) is 1.37. The normalized spacial score (nSPS) is 16.9. The fourth-order valence-electron chi connectivity index (χ4n) is 4.22. The number of fused-ring (bicyclic) bond motifs is 1. The van der Waals surface area contributed by atoms with Crippen LogP contribution in [0.5, 0.6) is 17.2 Å². The summed E-state index contributed by atoms with van der Waals surface area (Å²) in [4.78, 5) is 32.6. The van der Waals surface area contributed by atoms with E-state index in [-0.39, 0.29) is 11.8 Å². The predicted molar refractivity (Wildman–Crippen MR) is 129 cm³/mol. The lowest BCUT2D eigenvalue weighted by Crippen LogP contribution is -2.43. The lowest BCUT2D eigenvalue weighted by molar-refractivity contribution is -0.119. The van der Waals surface area contributed by atoms with Gasteiger partial charge in [0.05, 0.1) is 17.9 Å². The van der Waals surface area contributed by atoms with Crippen LogP contribution in [0.4, 0.5) is 5.13 Å². The molecule has 2 aliphatic heterocycles. The molecule has 1 unspecified atom stereocenters. The van der Waals surface area contributed by atoms with Crippen molar-refractivity contribution in [2.45, 2.75) is 25.8 Å². The molecule has 1 atom stereocenters. The Bertz CT molecular complexity index is 1210. The Kier molecular flexibility index (Phi) is 6.35. The molecule has 1 saturated heterocycles. The van der Waals surface area contributed by atoms with Crippen molar-refractivity contribution in [3.63, 3.8) is 0 Å². The zero-order valence-corrected chi connectivity index (χ0v) is 19.6. The van der Waals surface area contributed by atoms with E-state index < -0.39 is 6.04 Å². The van der Waals surface area contributed by atoms with Gasteiger partial charge in [0.15, 0.2) is 16.6 Å². The molecule has 176 valence electrons. The van der Waals surface area contributed by atoms with E-state index in [4.69, 9.17) is 14.2 Å². The number of ether oxygens (including phenoxy) is 3. The molecule has 0 spiro atoms. The number of anilines is 1. The van der Waals surface area contributed by atoms with Crippen LogP contribution in [0.2, 0.25) is 0 Å². The van der Waals surface area contributed by atoms with Crippen LogP contribution in [0, 0.1) is 0 Å². The summed E-state index contributed by atoms with van der Waals surface area (Å²) in [7, 11) is 0. The van der Waals surface area contributed by atoms with Crippen molar-refractivity contribution in [1.82, 2.24) is 9.88 Å². The van der Waals surface area contributed by atoms with Crippen molar-refractivity contribution in [3.05, 3.63) is 53.4 Å². The molecule has 0 bridgehead atoms. The highest BCUT2D eigenvalue weighted by Crippen LogP contribution is 2.35. The number of likely N-dealkylation sites (tertiary alicyclic amines) is 1. The van der Waals surface area contributed by atoms with Crippen LogP contribution in [-0.4, -0.2) is 54.1 Å². The van der Waals surface area contributed by atoms with E-state index in [1.165, 1.54) is 11.3 Å². The number of rotatable bonds is 6. The lowest BCUT2D eigenvalue weighted by atomic mass is 10.1. The fraction of sp³-hybridized carbons (Fsp3) is 0.320. The molecular formula is C25H25N3O5S. The van der Waals surface area contributed by atoms with Gasteiger partial charge in [-0.05, 0) is 50.1 Å². The first-order valence-corrected chi connectivity index (χ1v) is 12.2. The van der Waals surface area contributed by atoms with Gasteiger partial charge in [0, 0.05) is 17.5 Å². The van der Waals surface area contributed by atoms with Gasteiger partial charge in [-0.1, -0.05) is 12.1 Å². The molecule has 1 N–H and O–H groups in total. The minimum Gasteiger partial charge on any atom is -0.493 e. The van der Waals surface area contributed by atoms with Crippen molar-refractivity contribution in [1.29, 1.82) is 0 Å². The van der Waals surface area contributed by atoms with Crippen molar-refractivity contribution < 1.29 is 23.8 Å². The van der Waals surface area contributed by atoms with Crippen molar-refractivity contribution >= 4 is 28.3 Å². The number of thiazole rings is 1. The molecule has 0 radical (unpaired) electrons. The number of benzene rings is 2. The van der Waals surface area contributed by atoms with Crippen LogP contribution in [0.15, 0.2) is 47.8 Å². The van der Waals surface area contributed by atoms with Crippen LogP contribution < -0.4 is 19.5 Å². The Balaban J connectivity index is 1.29. The number of hydrogen-bond donors (Lipinski definition) is 1. The largest absolute Gasteiger partial charge is 0.493 e. The van der Waals surface area contributed by atoms with Crippen LogP contribution >= 0.6 is 11.3 Å². The Morgan fingerprint density at radius 1 is 1.18 bits per heavy atom. The third-order valence-corrected chi connectivity index (χ3v) is 6.56. The molecule has 0 saturated carbocycles. The maximum absolute atomic E-state index is 13.2. The van der Waals surface area contributed by atoms with Crippen molar-refractivity contribution in [2.75, 3.05) is 31.7 Å². The van der Waals surface area contributed by atoms with Gasteiger partial charge >= 0.3 is 0 Å². The maximum atomic E-state index is 13.2. The molecule has 3 aromatic rings. The summed E-state index contributed by atoms with van der Waals surface area (Å²) < 4.78 is 16.8. The molecule has 9 heteroatoms. The van der Waals surface area contributed by atoms with Crippen molar-refractivity contribution in [2.24, 2.45) is 0 Å². The molecule has 1 fully saturated rings. The zero-order valence-electron chi connectivity index (χ0n) is 18.8. The molecule has 2 amide bonds. The fourth-order valence-corrected chi connectivity index (χ4v) is 4.94. The highest BCUT2D eigenvalue weighted by atomic mass is 32.1. The summed E-state index contributed by atoms with van der Waals surface area (Å²) in [6.45, 7) is 3.92. The summed E-state index contributed by atoms with van der Waals surface area (Å²) >= 11 is 1.35. The van der Waals surface area contributed by atoms with E-state index in [1.54, 1.807) is 23.1 Å². The quantitative estimate of drug-likeness (QED) is 0.569. The van der Waals surface area contributed by atoms with Gasteiger partial charge in [0.1, 0.15) is 25.0 Å². The molecule has 34 heavy (non-hydrogen) atoms. The minimum atomic E-state index is -0.552. The van der Waals surface area contributed by atoms with Gasteiger partial charge in [-0.25, -0.2) is 4.98 Å². The molecule has 2 aliphatic rings. The average molecular weight is 480 g/mol. The molecule has 8 nitrogen and oxygen atoms in total. The number of aromatic nitrogens is 1. The summed E-state index contributed by atoms with van der Waals surface area (Å²) in [6, 6.07) is 12.3. The SMILES string of the molecule is CCOc1ccccc1C(=O)N1CCCC1C(=O)Nc1nc(-c2ccc3c(c2)OCCO3)cs1. The Morgan fingerprint density at radius 2 is 2.00 bits per heavy atom. The smallest absolute Gasteiger partial charge is 0.258 e. The van der Waals surface area contributed by atoms with E-state index >= 15 is 0 Å². The molecular weight excluding hydrogens is 454 g/mol. The first-order chi connectivity index (χ1) is 16.6. The van der Waals surface area contributed by atoms with E-state index in [1.807, 2.05) is 36.6 Å². The second-order valence-corrected chi connectivity index (χ2v) is 8.83. The zero-order chi connectivity index (χ0) is 23.5. The number of hydrogen-bond acceptors (Lipinski definition) is 7. The second kappa shape index (κ2) is 9.72. The molecule has 0 aliphatic carbocycles. The van der Waals surface area contributed by atoms with Crippen LogP contribution in [0.25, 0.3) is 11.3 Å². The van der Waals surface area contributed by atoms with E-state index in [0.29, 0.717) is 55.0 Å². The molecule has 2 aromatic carbocycles. The number of para-hydroxylation sites is 1. The summed E-state index contributed by atoms with van der Waals surface area (Å²) in [5, 5.41) is 5.28. The molecule has 1 aromatic heterocycles. The first kappa shape index (κ1) is 22.2. The number of nitrogens with zero attached hydrogens (tertiary/aromatic N) is 2. The summed E-state index contributed by atoms with van der Waals surface area (Å²) in [5.41, 5.74) is 2.09. The van der Waals surface area contributed by atoms with Gasteiger partial charge in [-0.3, -0.25) is 9.59 Å². The van der Waals surface area contributed by atoms with E-state index in [0.717, 1.165) is 23.4 Å². The van der Waals surface area contributed by atoms with E-state index in [2.05, 4.69) is 10.3 Å². The van der Waals surface area contributed by atoms with Gasteiger partial charge in [0.2, 0.25) is 5.91 Å². The first-order valence-electron chi connectivity index (χ1n) is 11.3. The average Bonchev–Trinajstić information content (AvgIpc) is 3.54. The van der Waals surface area contributed by atoms with Gasteiger partial charge < -0.3 is 24.4 Å². The number of carbonyl (C=O) groups excluding carboxylic acids is 2. The van der Waals surface area contributed by atoms with Crippen molar-refractivity contribution in [3.8, 4) is 28.5 Å². The number of nitrogens with one attached hydrogen (secondary N) is 1. The van der Waals surface area contributed by atoms with Gasteiger partial charge in [0.25, 0.3) is 5.91 Å². The highest BCUT2D eigenvalue weighted by molar-refractivity contribution is 7.14. The Morgan fingerprint density at radius 3 is 2.85 bits per heavy atom. The van der Waals surface area contributed by atoms with Crippen LogP contribution in [-0.2, 0) is 4.79 Å². The lowest BCUT2D eigenvalue weighted by Gasteiger charge is -2.24. The Hall–Kier alpha value is -3.59. The Labute approximate surface area is 201 Å². The second-order valence-electron chi connectivity index (χ2n) is 7.97. The van der Waals surface area contributed by atoms with Gasteiger partial charge in [-0.2, -0.15) is 0 Å². The number of carbonyl (C=O) groups is 2. The van der Waals surface area contributed by atoms with Crippen LogP contribution in [0.1, 0.15) is 30.1 Å². The van der Waals surface area contributed by atoms with E-state index in [9.17, 15) is 9.59 Å². The number of amides is 2. The minimum absolute atomic E-state index is 0.196. The van der Waals surface area contributed by atoms with Gasteiger partial charge in [-0.15, -0.1) is 11.3 Å². The third-order valence-electron chi connectivity index (χ3n) is 5.81. The third kappa shape index (κ3) is 4.43. The topological polar surface area (TPSA) is 90.0 Å². The predicted octanol–water partition coefficient (Wildman–Crippen LogP) is 4.22.